The molecule has 0 radical (unpaired) electrons. The molecule has 2 aliphatic heterocycles. The van der Waals surface area contributed by atoms with Crippen LogP contribution in [0.3, 0.4) is 0 Å². The molecule has 2 aliphatic rings. The van der Waals surface area contributed by atoms with Crippen LogP contribution < -0.4 is 15.2 Å². The molecule has 8 nitrogen and oxygen atoms in total. The van der Waals surface area contributed by atoms with Crippen molar-refractivity contribution < 1.29 is 23.8 Å². The maximum Gasteiger partial charge on any atom is 0.410 e. The van der Waals surface area contributed by atoms with Crippen molar-refractivity contribution in [3.05, 3.63) is 59.1 Å². The van der Waals surface area contributed by atoms with Crippen LogP contribution in [-0.4, -0.2) is 58.7 Å². The first-order valence-electron chi connectivity index (χ1n) is 10.8. The summed E-state index contributed by atoms with van der Waals surface area (Å²) in [7, 11) is 0. The first-order valence-corrected chi connectivity index (χ1v) is 12.1. The Labute approximate surface area is 207 Å². The van der Waals surface area contributed by atoms with Crippen LogP contribution in [-0.2, 0) is 16.0 Å². The number of carbonyl (C=O) groups is 2. The third-order valence-electron chi connectivity index (χ3n) is 5.53. The van der Waals surface area contributed by atoms with Gasteiger partial charge in [-0.3, -0.25) is 9.69 Å². The summed E-state index contributed by atoms with van der Waals surface area (Å²) in [6.45, 7) is 4.77. The number of halogens is 1. The van der Waals surface area contributed by atoms with Crippen LogP contribution >= 0.6 is 23.4 Å². The summed E-state index contributed by atoms with van der Waals surface area (Å²) < 4.78 is 17.2. The van der Waals surface area contributed by atoms with Crippen LogP contribution in [0.4, 0.5) is 4.79 Å². The van der Waals surface area contributed by atoms with Gasteiger partial charge in [-0.15, -0.1) is 0 Å². The van der Waals surface area contributed by atoms with Crippen molar-refractivity contribution in [2.45, 2.75) is 37.2 Å². The van der Waals surface area contributed by atoms with Gasteiger partial charge < -0.3 is 19.9 Å². The fourth-order valence-electron chi connectivity index (χ4n) is 3.65. The number of hydrogen-bond acceptors (Lipinski definition) is 7. The molecule has 1 fully saturated rings. The Balaban J connectivity index is 1.27. The highest BCUT2D eigenvalue weighted by Gasteiger charge is 2.41. The zero-order valence-electron chi connectivity index (χ0n) is 18.9. The number of benzene rings is 2. The molecule has 34 heavy (non-hydrogen) atoms. The van der Waals surface area contributed by atoms with E-state index in [-0.39, 0.29) is 30.5 Å². The van der Waals surface area contributed by atoms with E-state index in [2.05, 4.69) is 4.99 Å². The normalized spacial score (nSPS) is 20.3. The lowest BCUT2D eigenvalue weighted by Gasteiger charge is -2.33. The van der Waals surface area contributed by atoms with E-state index in [0.29, 0.717) is 34.7 Å². The molecule has 0 bridgehead atoms. The minimum absolute atomic E-state index is 0.196. The van der Waals surface area contributed by atoms with Gasteiger partial charge >= 0.3 is 6.09 Å². The number of amidine groups is 1. The topological polar surface area (TPSA) is 103 Å². The molecule has 0 spiro atoms. The molecule has 2 aromatic rings. The minimum Gasteiger partial charge on any atom is -0.491 e. The lowest BCUT2D eigenvalue weighted by molar-refractivity contribution is -0.117. The molecule has 2 N–H and O–H groups in total. The first kappa shape index (κ1) is 24.2. The molecule has 2 amide bonds. The third-order valence-corrected chi connectivity index (χ3v) is 6.75. The highest BCUT2D eigenvalue weighted by Crippen LogP contribution is 2.27. The average Bonchev–Trinajstić information content (AvgIpc) is 3.33. The molecule has 10 heteroatoms. The maximum absolute atomic E-state index is 12.5. The van der Waals surface area contributed by atoms with Gasteiger partial charge in [0.1, 0.15) is 24.7 Å². The predicted molar refractivity (Wildman–Crippen MR) is 132 cm³/mol. The molecule has 2 heterocycles. The van der Waals surface area contributed by atoms with Crippen LogP contribution in [0.1, 0.15) is 19.4 Å². The summed E-state index contributed by atoms with van der Waals surface area (Å²) >= 11 is 7.26. The number of nitrogens with two attached hydrogens (primary N) is 1. The summed E-state index contributed by atoms with van der Waals surface area (Å²) in [5.74, 6) is 1.10. The van der Waals surface area contributed by atoms with E-state index in [1.165, 1.54) is 11.8 Å². The fraction of sp³-hybridized carbons (Fsp3) is 0.375. The average molecular weight is 504 g/mol. The second kappa shape index (κ2) is 10.1. The molecule has 1 saturated heterocycles. The SMILES string of the molecule is CC(C)(COc1ccc(CC2SC(N)=NC2=O)cc1)N1CC(COc2cccc(Cl)c2)OC1=O. The van der Waals surface area contributed by atoms with E-state index in [4.69, 9.17) is 31.5 Å². The van der Waals surface area contributed by atoms with Gasteiger partial charge in [-0.2, -0.15) is 4.99 Å². The van der Waals surface area contributed by atoms with Gasteiger partial charge in [-0.05, 0) is 56.2 Å². The number of nitrogens with zero attached hydrogens (tertiary/aromatic N) is 2. The van der Waals surface area contributed by atoms with E-state index in [0.717, 1.165) is 5.56 Å². The Hall–Kier alpha value is -2.91. The first-order chi connectivity index (χ1) is 16.2. The lowest BCUT2D eigenvalue weighted by Crippen LogP contribution is -2.49. The third kappa shape index (κ3) is 5.95. The Kier molecular flexibility index (Phi) is 7.23. The number of amides is 2. The molecule has 2 atom stereocenters. The van der Waals surface area contributed by atoms with E-state index < -0.39 is 11.6 Å². The zero-order chi connectivity index (χ0) is 24.3. The molecular formula is C24H26ClN3O5S. The molecule has 180 valence electrons. The van der Waals surface area contributed by atoms with Gasteiger partial charge in [-0.25, -0.2) is 4.79 Å². The standard InChI is InChI=1S/C24H26ClN3O5S/c1-24(2,28-12-19(33-23(28)30)13-31-18-5-3-4-16(25)11-18)14-32-17-8-6-15(7-9-17)10-20-21(29)27-22(26)34-20/h3-9,11,19-20H,10,12-14H2,1-2H3,(H2,26,27,29). The van der Waals surface area contributed by atoms with E-state index in [9.17, 15) is 9.59 Å². The van der Waals surface area contributed by atoms with Crippen molar-refractivity contribution in [1.29, 1.82) is 0 Å². The molecular weight excluding hydrogens is 478 g/mol. The van der Waals surface area contributed by atoms with E-state index >= 15 is 0 Å². The number of thioether (sulfide) groups is 1. The molecule has 0 aliphatic carbocycles. The quantitative estimate of drug-likeness (QED) is 0.553. The lowest BCUT2D eigenvalue weighted by atomic mass is 10.0. The molecule has 2 unspecified atom stereocenters. The Morgan fingerprint density at radius 2 is 1.94 bits per heavy atom. The summed E-state index contributed by atoms with van der Waals surface area (Å²) in [6, 6.07) is 14.6. The Morgan fingerprint density at radius 3 is 2.62 bits per heavy atom. The maximum atomic E-state index is 12.5. The minimum atomic E-state index is -0.595. The number of hydrogen-bond donors (Lipinski definition) is 1. The number of carbonyl (C=O) groups excluding carboxylic acids is 2. The van der Waals surface area contributed by atoms with Crippen LogP contribution in [0.15, 0.2) is 53.5 Å². The smallest absolute Gasteiger partial charge is 0.410 e. The Morgan fingerprint density at radius 1 is 1.18 bits per heavy atom. The van der Waals surface area contributed by atoms with Crippen LogP contribution in [0.25, 0.3) is 0 Å². The molecule has 0 aromatic heterocycles. The highest BCUT2D eigenvalue weighted by molar-refractivity contribution is 8.15. The fourth-order valence-corrected chi connectivity index (χ4v) is 4.70. The summed E-state index contributed by atoms with van der Waals surface area (Å²) in [4.78, 5) is 29.7. The molecule has 4 rings (SSSR count). The van der Waals surface area contributed by atoms with Gasteiger partial charge in [0.2, 0.25) is 0 Å². The van der Waals surface area contributed by atoms with Gasteiger partial charge in [-0.1, -0.05) is 41.6 Å². The van der Waals surface area contributed by atoms with Crippen molar-refractivity contribution in [2.75, 3.05) is 19.8 Å². The number of ether oxygens (including phenoxy) is 3. The zero-order valence-corrected chi connectivity index (χ0v) is 20.5. The van der Waals surface area contributed by atoms with Crippen LogP contribution in [0.2, 0.25) is 5.02 Å². The van der Waals surface area contributed by atoms with Gasteiger partial charge in [0.05, 0.1) is 17.3 Å². The number of cyclic esters (lactones) is 1. The molecule has 0 saturated carbocycles. The number of aliphatic imine (C=N–C) groups is 1. The van der Waals surface area contributed by atoms with Crippen LogP contribution in [0, 0.1) is 0 Å². The van der Waals surface area contributed by atoms with E-state index in [1.54, 1.807) is 29.2 Å². The van der Waals surface area contributed by atoms with Crippen molar-refractivity contribution >= 4 is 40.5 Å². The highest BCUT2D eigenvalue weighted by atomic mass is 35.5. The number of rotatable bonds is 9. The van der Waals surface area contributed by atoms with Crippen molar-refractivity contribution in [3.8, 4) is 11.5 Å². The predicted octanol–water partition coefficient (Wildman–Crippen LogP) is 3.90. The van der Waals surface area contributed by atoms with Crippen molar-refractivity contribution in [2.24, 2.45) is 10.7 Å². The second-order valence-corrected chi connectivity index (χ2v) is 10.4. The molecule has 2 aromatic carbocycles. The monoisotopic (exact) mass is 503 g/mol. The van der Waals surface area contributed by atoms with Gasteiger partial charge in [0.25, 0.3) is 5.91 Å². The van der Waals surface area contributed by atoms with Crippen LogP contribution in [0.5, 0.6) is 11.5 Å². The largest absolute Gasteiger partial charge is 0.491 e. The van der Waals surface area contributed by atoms with Gasteiger partial charge in [0.15, 0.2) is 11.3 Å². The second-order valence-electron chi connectivity index (χ2n) is 8.73. The van der Waals surface area contributed by atoms with Crippen molar-refractivity contribution in [3.63, 3.8) is 0 Å². The summed E-state index contributed by atoms with van der Waals surface area (Å²) in [6.07, 6.45) is -0.235. The van der Waals surface area contributed by atoms with Crippen molar-refractivity contribution in [1.82, 2.24) is 4.90 Å². The summed E-state index contributed by atoms with van der Waals surface area (Å²) in [5, 5.41) is 0.622. The summed E-state index contributed by atoms with van der Waals surface area (Å²) in [5.41, 5.74) is 6.01. The van der Waals surface area contributed by atoms with Gasteiger partial charge in [0, 0.05) is 5.02 Å². The Bertz CT molecular complexity index is 1090. The van der Waals surface area contributed by atoms with E-state index in [1.807, 2.05) is 38.1 Å².